The van der Waals surface area contributed by atoms with Gasteiger partial charge in [-0.25, -0.2) is 0 Å². The Morgan fingerprint density at radius 1 is 1.53 bits per heavy atom. The quantitative estimate of drug-likeness (QED) is 0.786. The Morgan fingerprint density at radius 2 is 2.29 bits per heavy atom. The van der Waals surface area contributed by atoms with Crippen LogP contribution in [0.25, 0.3) is 0 Å². The van der Waals surface area contributed by atoms with Crippen molar-refractivity contribution in [2.45, 2.75) is 20.3 Å². The van der Waals surface area contributed by atoms with Crippen LogP contribution in [0.15, 0.2) is 12.1 Å². The summed E-state index contributed by atoms with van der Waals surface area (Å²) in [7, 11) is 0. The number of likely N-dealkylation sites (tertiary alicyclic amines) is 1. The van der Waals surface area contributed by atoms with E-state index in [2.05, 4.69) is 20.9 Å². The van der Waals surface area contributed by atoms with E-state index in [0.717, 1.165) is 41.8 Å². The van der Waals surface area contributed by atoms with Gasteiger partial charge in [0.05, 0.1) is 11.3 Å². The first-order valence-electron chi connectivity index (χ1n) is 5.91. The molecule has 0 saturated carbocycles. The third kappa shape index (κ3) is 2.68. The number of carbonyl (C=O) groups is 1. The minimum atomic E-state index is 0.124. The van der Waals surface area contributed by atoms with Crippen molar-refractivity contribution < 1.29 is 4.79 Å². The molecule has 1 atom stereocenters. The van der Waals surface area contributed by atoms with Crippen molar-refractivity contribution in [2.24, 2.45) is 5.92 Å². The fourth-order valence-electron chi connectivity index (χ4n) is 2.23. The molecular weight excluding hydrogens is 280 g/mol. The molecule has 0 spiro atoms. The molecule has 1 aromatic rings. The number of amides is 1. The Morgan fingerprint density at radius 3 is 2.88 bits per heavy atom. The Labute approximate surface area is 110 Å². The van der Waals surface area contributed by atoms with Gasteiger partial charge >= 0.3 is 0 Å². The van der Waals surface area contributed by atoms with Crippen molar-refractivity contribution in [3.63, 3.8) is 0 Å². The molecule has 2 heterocycles. The monoisotopic (exact) mass is 296 g/mol. The fourth-order valence-corrected chi connectivity index (χ4v) is 2.75. The van der Waals surface area contributed by atoms with Gasteiger partial charge in [0.25, 0.3) is 5.91 Å². The highest BCUT2D eigenvalue weighted by molar-refractivity contribution is 9.09. The first-order chi connectivity index (χ1) is 8.11. The SMILES string of the molecule is Cc1ccc(C(=O)N2CCC(CBr)C2)c(C)n1. The van der Waals surface area contributed by atoms with Gasteiger partial charge in [0.1, 0.15) is 0 Å². The van der Waals surface area contributed by atoms with Crippen LogP contribution in [-0.4, -0.2) is 34.2 Å². The van der Waals surface area contributed by atoms with E-state index in [9.17, 15) is 4.79 Å². The maximum absolute atomic E-state index is 12.3. The first kappa shape index (κ1) is 12.6. The number of pyridine rings is 1. The Kier molecular flexibility index (Phi) is 3.82. The maximum Gasteiger partial charge on any atom is 0.255 e. The average molecular weight is 297 g/mol. The standard InChI is InChI=1S/C13H17BrN2O/c1-9-3-4-12(10(2)15-9)13(17)16-6-5-11(7-14)8-16/h3-4,11H,5-8H2,1-2H3. The summed E-state index contributed by atoms with van der Waals surface area (Å²) < 4.78 is 0. The molecule has 0 aliphatic carbocycles. The summed E-state index contributed by atoms with van der Waals surface area (Å²) in [5.41, 5.74) is 2.53. The molecule has 1 aromatic heterocycles. The van der Waals surface area contributed by atoms with Crippen LogP contribution in [0.4, 0.5) is 0 Å². The molecule has 0 aromatic carbocycles. The predicted molar refractivity (Wildman–Crippen MR) is 71.5 cm³/mol. The number of hydrogen-bond acceptors (Lipinski definition) is 2. The third-order valence-electron chi connectivity index (χ3n) is 3.25. The van der Waals surface area contributed by atoms with Gasteiger partial charge in [0.2, 0.25) is 0 Å². The van der Waals surface area contributed by atoms with E-state index in [1.54, 1.807) is 0 Å². The molecular formula is C13H17BrN2O. The molecule has 1 aliphatic heterocycles. The van der Waals surface area contributed by atoms with Crippen LogP contribution in [0, 0.1) is 19.8 Å². The summed E-state index contributed by atoms with van der Waals surface area (Å²) in [5.74, 6) is 0.719. The summed E-state index contributed by atoms with van der Waals surface area (Å²) in [6, 6.07) is 3.79. The van der Waals surface area contributed by atoms with Gasteiger partial charge in [-0.2, -0.15) is 0 Å². The van der Waals surface area contributed by atoms with Crippen molar-refractivity contribution in [3.05, 3.63) is 29.1 Å². The molecule has 1 fully saturated rings. The second-order valence-electron chi connectivity index (χ2n) is 4.65. The summed E-state index contributed by atoms with van der Waals surface area (Å²) in [6.07, 6.45) is 1.09. The van der Waals surface area contributed by atoms with E-state index < -0.39 is 0 Å². The molecule has 1 unspecified atom stereocenters. The van der Waals surface area contributed by atoms with Crippen LogP contribution in [0.3, 0.4) is 0 Å². The molecule has 1 amide bonds. The lowest BCUT2D eigenvalue weighted by atomic mass is 10.1. The summed E-state index contributed by atoms with van der Waals surface area (Å²) >= 11 is 3.48. The van der Waals surface area contributed by atoms with Gasteiger partial charge in [0.15, 0.2) is 0 Å². The van der Waals surface area contributed by atoms with Crippen LogP contribution in [0.5, 0.6) is 0 Å². The van der Waals surface area contributed by atoms with E-state index in [-0.39, 0.29) is 5.91 Å². The van der Waals surface area contributed by atoms with E-state index >= 15 is 0 Å². The van der Waals surface area contributed by atoms with Crippen molar-refractivity contribution in [1.82, 2.24) is 9.88 Å². The number of aryl methyl sites for hydroxylation is 2. The molecule has 0 N–H and O–H groups in total. The number of aromatic nitrogens is 1. The highest BCUT2D eigenvalue weighted by atomic mass is 79.9. The molecule has 0 bridgehead atoms. The lowest BCUT2D eigenvalue weighted by Gasteiger charge is -2.17. The van der Waals surface area contributed by atoms with E-state index in [1.165, 1.54) is 0 Å². The van der Waals surface area contributed by atoms with E-state index in [4.69, 9.17) is 0 Å². The number of hydrogen-bond donors (Lipinski definition) is 0. The lowest BCUT2D eigenvalue weighted by Crippen LogP contribution is -2.29. The van der Waals surface area contributed by atoms with Gasteiger partial charge in [-0.3, -0.25) is 9.78 Å². The minimum absolute atomic E-state index is 0.124. The molecule has 4 heteroatoms. The van der Waals surface area contributed by atoms with Crippen molar-refractivity contribution >= 4 is 21.8 Å². The van der Waals surface area contributed by atoms with Gasteiger partial charge in [-0.15, -0.1) is 0 Å². The van der Waals surface area contributed by atoms with E-state index in [1.807, 2.05) is 30.9 Å². The van der Waals surface area contributed by atoms with Crippen molar-refractivity contribution in [3.8, 4) is 0 Å². The lowest BCUT2D eigenvalue weighted by molar-refractivity contribution is 0.0787. The Hall–Kier alpha value is -0.900. The summed E-state index contributed by atoms with van der Waals surface area (Å²) in [6.45, 7) is 5.57. The van der Waals surface area contributed by atoms with Crippen molar-refractivity contribution in [2.75, 3.05) is 18.4 Å². The van der Waals surface area contributed by atoms with Gasteiger partial charge < -0.3 is 4.90 Å². The Balaban J connectivity index is 2.15. The molecule has 0 radical (unpaired) electrons. The second-order valence-corrected chi connectivity index (χ2v) is 5.29. The molecule has 1 aliphatic rings. The third-order valence-corrected chi connectivity index (χ3v) is 4.16. The highest BCUT2D eigenvalue weighted by Gasteiger charge is 2.27. The number of nitrogens with zero attached hydrogens (tertiary/aromatic N) is 2. The van der Waals surface area contributed by atoms with Crippen LogP contribution in [0.2, 0.25) is 0 Å². The highest BCUT2D eigenvalue weighted by Crippen LogP contribution is 2.21. The first-order valence-corrected chi connectivity index (χ1v) is 7.03. The van der Waals surface area contributed by atoms with Gasteiger partial charge in [0, 0.05) is 24.1 Å². The van der Waals surface area contributed by atoms with E-state index in [0.29, 0.717) is 5.92 Å². The Bertz CT molecular complexity index is 433. The largest absolute Gasteiger partial charge is 0.338 e. The minimum Gasteiger partial charge on any atom is -0.338 e. The summed E-state index contributed by atoms with van der Waals surface area (Å²) in [5, 5.41) is 0.974. The molecule has 1 saturated heterocycles. The zero-order valence-corrected chi connectivity index (χ0v) is 11.8. The van der Waals surface area contributed by atoms with Crippen LogP contribution in [0.1, 0.15) is 28.2 Å². The van der Waals surface area contributed by atoms with Gasteiger partial charge in [-0.05, 0) is 38.3 Å². The average Bonchev–Trinajstić information content (AvgIpc) is 2.76. The number of rotatable bonds is 2. The summed E-state index contributed by atoms with van der Waals surface area (Å²) in [4.78, 5) is 18.6. The van der Waals surface area contributed by atoms with Crippen molar-refractivity contribution in [1.29, 1.82) is 0 Å². The fraction of sp³-hybridized carbons (Fsp3) is 0.538. The number of carbonyl (C=O) groups excluding carboxylic acids is 1. The number of alkyl halides is 1. The smallest absolute Gasteiger partial charge is 0.255 e. The second kappa shape index (κ2) is 5.17. The molecule has 3 nitrogen and oxygen atoms in total. The number of halogens is 1. The van der Waals surface area contributed by atoms with Crippen LogP contribution >= 0.6 is 15.9 Å². The maximum atomic E-state index is 12.3. The predicted octanol–water partition coefficient (Wildman–Crippen LogP) is 2.56. The van der Waals surface area contributed by atoms with Crippen LogP contribution < -0.4 is 0 Å². The molecule has 17 heavy (non-hydrogen) atoms. The molecule has 2 rings (SSSR count). The topological polar surface area (TPSA) is 33.2 Å². The zero-order chi connectivity index (χ0) is 12.4. The molecule has 92 valence electrons. The van der Waals surface area contributed by atoms with Crippen LogP contribution in [-0.2, 0) is 0 Å². The zero-order valence-electron chi connectivity index (χ0n) is 10.2. The van der Waals surface area contributed by atoms with Gasteiger partial charge in [-0.1, -0.05) is 15.9 Å². The normalized spacial score (nSPS) is 19.7.